The van der Waals surface area contributed by atoms with Crippen LogP contribution in [-0.4, -0.2) is 40.5 Å². The van der Waals surface area contributed by atoms with Crippen LogP contribution in [0, 0.1) is 10.1 Å². The molecule has 1 saturated heterocycles. The first-order valence-corrected chi connectivity index (χ1v) is 8.50. The minimum Gasteiger partial charge on any atom is -0.385 e. The third-order valence-electron chi connectivity index (χ3n) is 3.58. The van der Waals surface area contributed by atoms with Crippen LogP contribution in [0.1, 0.15) is 25.8 Å². The number of non-ortho nitro benzene ring substituents is 1. The second kappa shape index (κ2) is 7.66. The Morgan fingerprint density at radius 1 is 1.52 bits per heavy atom. The Morgan fingerprint density at radius 3 is 3.00 bits per heavy atom. The van der Waals surface area contributed by atoms with Crippen LogP contribution in [0.5, 0.6) is 0 Å². The molecular formula is C15H23N3O2S. The number of nitro benzene ring substituents is 1. The number of thioether (sulfide) groups is 1. The van der Waals surface area contributed by atoms with Gasteiger partial charge in [0, 0.05) is 55.0 Å². The summed E-state index contributed by atoms with van der Waals surface area (Å²) in [5, 5.41) is 15.0. The number of rotatable bonds is 6. The molecule has 1 atom stereocenters. The van der Waals surface area contributed by atoms with Gasteiger partial charge in [-0.2, -0.15) is 11.8 Å². The van der Waals surface area contributed by atoms with Crippen LogP contribution < -0.4 is 5.32 Å². The highest BCUT2D eigenvalue weighted by Crippen LogP contribution is 2.26. The maximum absolute atomic E-state index is 11.0. The Morgan fingerprint density at radius 2 is 2.33 bits per heavy atom. The van der Waals surface area contributed by atoms with Crippen molar-refractivity contribution in [1.82, 2.24) is 4.90 Å². The highest BCUT2D eigenvalue weighted by Gasteiger charge is 2.19. The molecule has 5 nitrogen and oxygen atoms in total. The predicted octanol–water partition coefficient (Wildman–Crippen LogP) is 3.35. The lowest BCUT2D eigenvalue weighted by Gasteiger charge is -2.31. The standard InChI is InChI=1S/C15H23N3O2S/c1-3-6-16-15-5-4-14(18(19)20)9-13(15)11-17-7-8-21-12(2)10-17/h4-5,9,12,16H,3,6-8,10-11H2,1-2H3. The largest absolute Gasteiger partial charge is 0.385 e. The average molecular weight is 309 g/mol. The molecule has 116 valence electrons. The Labute approximate surface area is 130 Å². The van der Waals surface area contributed by atoms with Crippen LogP contribution in [0.15, 0.2) is 18.2 Å². The molecule has 0 spiro atoms. The summed E-state index contributed by atoms with van der Waals surface area (Å²) in [6.45, 7) is 8.10. The van der Waals surface area contributed by atoms with Gasteiger partial charge >= 0.3 is 0 Å². The van der Waals surface area contributed by atoms with Gasteiger partial charge in [-0.1, -0.05) is 13.8 Å². The number of hydrogen-bond acceptors (Lipinski definition) is 5. The molecule has 1 heterocycles. The summed E-state index contributed by atoms with van der Waals surface area (Å²) < 4.78 is 0. The molecule has 0 aromatic heterocycles. The summed E-state index contributed by atoms with van der Waals surface area (Å²) in [7, 11) is 0. The van der Waals surface area contributed by atoms with E-state index >= 15 is 0 Å². The van der Waals surface area contributed by atoms with Crippen molar-refractivity contribution in [3.8, 4) is 0 Å². The molecule has 1 aromatic carbocycles. The van der Waals surface area contributed by atoms with Gasteiger partial charge in [0.1, 0.15) is 0 Å². The van der Waals surface area contributed by atoms with Gasteiger partial charge in [0.25, 0.3) is 5.69 Å². The fourth-order valence-electron chi connectivity index (χ4n) is 2.53. The SMILES string of the molecule is CCCNc1ccc([N+](=O)[O-])cc1CN1CCSC(C)C1. The van der Waals surface area contributed by atoms with Gasteiger partial charge in [0.05, 0.1) is 4.92 Å². The predicted molar refractivity (Wildman–Crippen MR) is 89.1 cm³/mol. The Kier molecular flexibility index (Phi) is 5.87. The van der Waals surface area contributed by atoms with Crippen LogP contribution in [0.4, 0.5) is 11.4 Å². The maximum atomic E-state index is 11.0. The molecule has 0 bridgehead atoms. The smallest absolute Gasteiger partial charge is 0.269 e. The molecule has 1 unspecified atom stereocenters. The highest BCUT2D eigenvalue weighted by molar-refractivity contribution is 7.99. The number of benzene rings is 1. The zero-order chi connectivity index (χ0) is 15.2. The molecule has 0 radical (unpaired) electrons. The lowest BCUT2D eigenvalue weighted by Crippen LogP contribution is -2.36. The highest BCUT2D eigenvalue weighted by atomic mass is 32.2. The Bertz CT molecular complexity index is 496. The van der Waals surface area contributed by atoms with Crippen molar-refractivity contribution in [3.05, 3.63) is 33.9 Å². The van der Waals surface area contributed by atoms with Crippen molar-refractivity contribution >= 4 is 23.1 Å². The van der Waals surface area contributed by atoms with Crippen molar-refractivity contribution in [3.63, 3.8) is 0 Å². The molecular weight excluding hydrogens is 286 g/mol. The van der Waals surface area contributed by atoms with E-state index in [4.69, 9.17) is 0 Å². The van der Waals surface area contributed by atoms with Gasteiger partial charge in [0.15, 0.2) is 0 Å². The molecule has 1 aliphatic rings. The van der Waals surface area contributed by atoms with Crippen molar-refractivity contribution in [2.75, 3.05) is 30.7 Å². The van der Waals surface area contributed by atoms with Gasteiger partial charge in [-0.05, 0) is 18.1 Å². The van der Waals surface area contributed by atoms with Gasteiger partial charge < -0.3 is 5.32 Å². The van der Waals surface area contributed by atoms with E-state index in [9.17, 15) is 10.1 Å². The summed E-state index contributed by atoms with van der Waals surface area (Å²) in [6.07, 6.45) is 1.04. The molecule has 2 rings (SSSR count). The van der Waals surface area contributed by atoms with Crippen molar-refractivity contribution < 1.29 is 4.92 Å². The number of nitrogens with zero attached hydrogens (tertiary/aromatic N) is 2. The summed E-state index contributed by atoms with van der Waals surface area (Å²) in [5.41, 5.74) is 2.22. The minimum atomic E-state index is -0.318. The second-order valence-corrected chi connectivity index (χ2v) is 6.99. The molecule has 1 aromatic rings. The summed E-state index contributed by atoms with van der Waals surface area (Å²) in [5.74, 6) is 1.13. The molecule has 1 fully saturated rings. The van der Waals surface area contributed by atoms with E-state index in [1.165, 1.54) is 0 Å². The Hall–Kier alpha value is -1.27. The average Bonchev–Trinajstić information content (AvgIpc) is 2.46. The van der Waals surface area contributed by atoms with E-state index in [1.807, 2.05) is 17.8 Å². The molecule has 6 heteroatoms. The van der Waals surface area contributed by atoms with E-state index in [-0.39, 0.29) is 10.6 Å². The molecule has 1 N–H and O–H groups in total. The van der Waals surface area contributed by atoms with Crippen molar-refractivity contribution in [2.24, 2.45) is 0 Å². The van der Waals surface area contributed by atoms with Crippen LogP contribution >= 0.6 is 11.8 Å². The third kappa shape index (κ3) is 4.61. The number of nitro groups is 1. The molecule has 0 aliphatic carbocycles. The first kappa shape index (κ1) is 16.1. The van der Waals surface area contributed by atoms with Gasteiger partial charge in [-0.25, -0.2) is 0 Å². The quantitative estimate of drug-likeness (QED) is 0.645. The topological polar surface area (TPSA) is 58.4 Å². The zero-order valence-corrected chi connectivity index (χ0v) is 13.5. The van der Waals surface area contributed by atoms with Gasteiger partial charge in [0.2, 0.25) is 0 Å². The fourth-order valence-corrected chi connectivity index (χ4v) is 3.61. The van der Waals surface area contributed by atoms with E-state index in [2.05, 4.69) is 24.1 Å². The fraction of sp³-hybridized carbons (Fsp3) is 0.600. The molecule has 0 amide bonds. The van der Waals surface area contributed by atoms with Crippen LogP contribution in [0.25, 0.3) is 0 Å². The van der Waals surface area contributed by atoms with E-state index < -0.39 is 0 Å². The van der Waals surface area contributed by atoms with Gasteiger partial charge in [-0.15, -0.1) is 0 Å². The number of anilines is 1. The minimum absolute atomic E-state index is 0.173. The van der Waals surface area contributed by atoms with E-state index in [0.29, 0.717) is 5.25 Å². The normalized spacial score (nSPS) is 19.4. The summed E-state index contributed by atoms with van der Waals surface area (Å²) in [4.78, 5) is 13.1. The summed E-state index contributed by atoms with van der Waals surface area (Å²) in [6, 6.07) is 5.13. The van der Waals surface area contributed by atoms with Gasteiger partial charge in [-0.3, -0.25) is 15.0 Å². The van der Waals surface area contributed by atoms with Crippen molar-refractivity contribution in [2.45, 2.75) is 32.1 Å². The van der Waals surface area contributed by atoms with E-state index in [1.54, 1.807) is 12.1 Å². The van der Waals surface area contributed by atoms with Crippen LogP contribution in [-0.2, 0) is 6.54 Å². The number of hydrogen-bond donors (Lipinski definition) is 1. The molecule has 21 heavy (non-hydrogen) atoms. The maximum Gasteiger partial charge on any atom is 0.269 e. The lowest BCUT2D eigenvalue weighted by molar-refractivity contribution is -0.384. The zero-order valence-electron chi connectivity index (χ0n) is 12.7. The van der Waals surface area contributed by atoms with Crippen LogP contribution in [0.3, 0.4) is 0 Å². The molecule has 1 aliphatic heterocycles. The third-order valence-corrected chi connectivity index (χ3v) is 4.72. The second-order valence-electron chi connectivity index (χ2n) is 5.44. The van der Waals surface area contributed by atoms with E-state index in [0.717, 1.165) is 49.6 Å². The lowest BCUT2D eigenvalue weighted by atomic mass is 10.1. The Balaban J connectivity index is 2.16. The first-order valence-electron chi connectivity index (χ1n) is 7.45. The first-order chi connectivity index (χ1) is 10.1. The summed E-state index contributed by atoms with van der Waals surface area (Å²) >= 11 is 1.99. The van der Waals surface area contributed by atoms with Crippen LogP contribution in [0.2, 0.25) is 0 Å². The number of nitrogens with one attached hydrogen (secondary N) is 1. The molecule has 0 saturated carbocycles. The monoisotopic (exact) mass is 309 g/mol. The van der Waals surface area contributed by atoms with Crippen molar-refractivity contribution in [1.29, 1.82) is 0 Å².